The van der Waals surface area contributed by atoms with Gasteiger partial charge < -0.3 is 9.47 Å². The first-order valence-electron chi connectivity index (χ1n) is 9.29. The standard InChI is InChI=1S/C23H22N2O4/c1-3-28-23(27)18-10-12-21(13-11-18)29-15-22(26)25-24-16(2)19-9-8-17-6-4-5-7-20(17)14-19/h4-14H,3,15H2,1-2H3,(H,25,26). The lowest BCUT2D eigenvalue weighted by atomic mass is 10.0. The van der Waals surface area contributed by atoms with Crippen molar-refractivity contribution in [3.8, 4) is 5.75 Å². The maximum Gasteiger partial charge on any atom is 0.338 e. The third-order valence-electron chi connectivity index (χ3n) is 4.25. The quantitative estimate of drug-likeness (QED) is 0.377. The van der Waals surface area contributed by atoms with Crippen molar-refractivity contribution in [2.75, 3.05) is 13.2 Å². The van der Waals surface area contributed by atoms with E-state index in [1.54, 1.807) is 31.2 Å². The zero-order chi connectivity index (χ0) is 20.6. The van der Waals surface area contributed by atoms with Gasteiger partial charge >= 0.3 is 5.97 Å². The van der Waals surface area contributed by atoms with E-state index in [2.05, 4.69) is 10.5 Å². The van der Waals surface area contributed by atoms with Crippen LogP contribution < -0.4 is 10.2 Å². The van der Waals surface area contributed by atoms with Crippen molar-refractivity contribution in [2.24, 2.45) is 5.10 Å². The largest absolute Gasteiger partial charge is 0.484 e. The van der Waals surface area contributed by atoms with Crippen LogP contribution in [0, 0.1) is 0 Å². The van der Waals surface area contributed by atoms with Gasteiger partial charge in [0.05, 0.1) is 17.9 Å². The molecule has 0 saturated heterocycles. The van der Waals surface area contributed by atoms with Crippen LogP contribution in [0.4, 0.5) is 0 Å². The number of carbonyl (C=O) groups excluding carboxylic acids is 2. The Hall–Kier alpha value is -3.67. The maximum atomic E-state index is 12.0. The molecule has 0 aliphatic heterocycles. The van der Waals surface area contributed by atoms with E-state index >= 15 is 0 Å². The van der Waals surface area contributed by atoms with Crippen LogP contribution in [0.5, 0.6) is 5.75 Å². The third kappa shape index (κ3) is 5.42. The molecule has 0 aliphatic carbocycles. The molecular formula is C23H22N2O4. The fourth-order valence-electron chi connectivity index (χ4n) is 2.71. The normalized spacial score (nSPS) is 11.2. The molecular weight excluding hydrogens is 368 g/mol. The van der Waals surface area contributed by atoms with Gasteiger partial charge in [0.1, 0.15) is 5.75 Å². The molecule has 29 heavy (non-hydrogen) atoms. The maximum absolute atomic E-state index is 12.0. The fraction of sp³-hybridized carbons (Fsp3) is 0.174. The SMILES string of the molecule is CCOC(=O)c1ccc(OCC(=O)NN=C(C)c2ccc3ccccc3c2)cc1. The van der Waals surface area contributed by atoms with Gasteiger partial charge in [0.15, 0.2) is 6.61 Å². The van der Waals surface area contributed by atoms with E-state index in [9.17, 15) is 9.59 Å². The molecule has 6 heteroatoms. The highest BCUT2D eigenvalue weighted by molar-refractivity contribution is 6.02. The van der Waals surface area contributed by atoms with E-state index in [0.29, 0.717) is 23.6 Å². The summed E-state index contributed by atoms with van der Waals surface area (Å²) in [5, 5.41) is 6.41. The number of nitrogens with zero attached hydrogens (tertiary/aromatic N) is 1. The number of ether oxygens (including phenoxy) is 2. The van der Waals surface area contributed by atoms with E-state index in [1.165, 1.54) is 0 Å². The highest BCUT2D eigenvalue weighted by atomic mass is 16.5. The van der Waals surface area contributed by atoms with Crippen LogP contribution in [0.3, 0.4) is 0 Å². The number of hydrazone groups is 1. The lowest BCUT2D eigenvalue weighted by Crippen LogP contribution is -2.25. The molecule has 148 valence electrons. The Morgan fingerprint density at radius 3 is 2.34 bits per heavy atom. The minimum Gasteiger partial charge on any atom is -0.484 e. The molecule has 3 aromatic carbocycles. The molecule has 6 nitrogen and oxygen atoms in total. The number of rotatable bonds is 7. The van der Waals surface area contributed by atoms with Crippen molar-refractivity contribution >= 4 is 28.4 Å². The average Bonchev–Trinajstić information content (AvgIpc) is 2.76. The molecule has 0 aliphatic rings. The smallest absolute Gasteiger partial charge is 0.338 e. The number of hydrogen-bond donors (Lipinski definition) is 1. The van der Waals surface area contributed by atoms with Gasteiger partial charge in [-0.05, 0) is 60.5 Å². The average molecular weight is 390 g/mol. The van der Waals surface area contributed by atoms with Crippen molar-refractivity contribution < 1.29 is 19.1 Å². The molecule has 0 radical (unpaired) electrons. The monoisotopic (exact) mass is 390 g/mol. The number of carbonyl (C=O) groups is 2. The first-order chi connectivity index (χ1) is 14.1. The molecule has 0 saturated carbocycles. The summed E-state index contributed by atoms with van der Waals surface area (Å²) in [6, 6.07) is 20.5. The summed E-state index contributed by atoms with van der Waals surface area (Å²) in [4.78, 5) is 23.6. The first kappa shape index (κ1) is 20.1. The molecule has 0 unspecified atom stereocenters. The minimum atomic E-state index is -0.393. The molecule has 1 amide bonds. The first-order valence-corrected chi connectivity index (χ1v) is 9.29. The Morgan fingerprint density at radius 1 is 0.931 bits per heavy atom. The summed E-state index contributed by atoms with van der Waals surface area (Å²) in [6.07, 6.45) is 0. The zero-order valence-corrected chi connectivity index (χ0v) is 16.3. The van der Waals surface area contributed by atoms with Crippen LogP contribution in [0.1, 0.15) is 29.8 Å². The topological polar surface area (TPSA) is 77.0 Å². The van der Waals surface area contributed by atoms with Gasteiger partial charge in [-0.25, -0.2) is 10.2 Å². The van der Waals surface area contributed by atoms with Gasteiger partial charge in [-0.2, -0.15) is 5.10 Å². The van der Waals surface area contributed by atoms with E-state index in [0.717, 1.165) is 16.3 Å². The lowest BCUT2D eigenvalue weighted by molar-refractivity contribution is -0.123. The number of hydrogen-bond acceptors (Lipinski definition) is 5. The van der Waals surface area contributed by atoms with Crippen molar-refractivity contribution in [3.63, 3.8) is 0 Å². The summed E-state index contributed by atoms with van der Waals surface area (Å²) in [5.41, 5.74) is 4.55. The zero-order valence-electron chi connectivity index (χ0n) is 16.3. The van der Waals surface area contributed by atoms with Crippen LogP contribution in [-0.2, 0) is 9.53 Å². The molecule has 0 bridgehead atoms. The summed E-state index contributed by atoms with van der Waals surface area (Å²) in [6.45, 7) is 3.71. The number of fused-ring (bicyclic) bond motifs is 1. The van der Waals surface area contributed by atoms with Crippen molar-refractivity contribution in [2.45, 2.75) is 13.8 Å². The van der Waals surface area contributed by atoms with Gasteiger partial charge in [-0.15, -0.1) is 0 Å². The van der Waals surface area contributed by atoms with Crippen molar-refractivity contribution in [3.05, 3.63) is 77.9 Å². The van der Waals surface area contributed by atoms with Crippen LogP contribution in [0.15, 0.2) is 71.8 Å². The Morgan fingerprint density at radius 2 is 1.62 bits per heavy atom. The lowest BCUT2D eigenvalue weighted by Gasteiger charge is -2.07. The highest BCUT2D eigenvalue weighted by Crippen LogP contribution is 2.16. The second kappa shape index (κ2) is 9.50. The van der Waals surface area contributed by atoms with Gasteiger partial charge in [-0.1, -0.05) is 36.4 Å². The van der Waals surface area contributed by atoms with Crippen molar-refractivity contribution in [1.29, 1.82) is 0 Å². The van der Waals surface area contributed by atoms with Crippen LogP contribution in [-0.4, -0.2) is 30.8 Å². The van der Waals surface area contributed by atoms with Gasteiger partial charge in [0.25, 0.3) is 5.91 Å². The van der Waals surface area contributed by atoms with Gasteiger partial charge in [-0.3, -0.25) is 4.79 Å². The molecule has 0 fully saturated rings. The molecule has 3 aromatic rings. The second-order valence-electron chi connectivity index (χ2n) is 6.33. The Balaban J connectivity index is 1.54. The Bertz CT molecular complexity index is 1040. The molecule has 0 heterocycles. The Kier molecular flexibility index (Phi) is 6.58. The van der Waals surface area contributed by atoms with Crippen molar-refractivity contribution in [1.82, 2.24) is 5.43 Å². The third-order valence-corrected chi connectivity index (χ3v) is 4.25. The van der Waals surface area contributed by atoms with Gasteiger partial charge in [0.2, 0.25) is 0 Å². The van der Waals surface area contributed by atoms with E-state index < -0.39 is 5.97 Å². The minimum absolute atomic E-state index is 0.187. The highest BCUT2D eigenvalue weighted by Gasteiger charge is 2.07. The molecule has 3 rings (SSSR count). The van der Waals surface area contributed by atoms with Crippen LogP contribution in [0.25, 0.3) is 10.8 Å². The molecule has 0 aromatic heterocycles. The van der Waals surface area contributed by atoms with E-state index in [-0.39, 0.29) is 12.5 Å². The summed E-state index contributed by atoms with van der Waals surface area (Å²) < 4.78 is 10.3. The summed E-state index contributed by atoms with van der Waals surface area (Å²) >= 11 is 0. The summed E-state index contributed by atoms with van der Waals surface area (Å²) in [7, 11) is 0. The molecule has 1 N–H and O–H groups in total. The predicted octanol–water partition coefficient (Wildman–Crippen LogP) is 3.94. The molecule has 0 spiro atoms. The van der Waals surface area contributed by atoms with E-state index in [4.69, 9.17) is 9.47 Å². The fourth-order valence-corrected chi connectivity index (χ4v) is 2.71. The predicted molar refractivity (Wildman–Crippen MR) is 112 cm³/mol. The van der Waals surface area contributed by atoms with E-state index in [1.807, 2.05) is 49.4 Å². The number of amides is 1. The number of esters is 1. The number of nitrogens with one attached hydrogen (secondary N) is 1. The number of benzene rings is 3. The Labute approximate surface area is 169 Å². The van der Waals surface area contributed by atoms with Crippen LogP contribution in [0.2, 0.25) is 0 Å². The molecule has 0 atom stereocenters. The van der Waals surface area contributed by atoms with Crippen LogP contribution >= 0.6 is 0 Å². The second-order valence-corrected chi connectivity index (χ2v) is 6.33. The summed E-state index contributed by atoms with van der Waals surface area (Å²) in [5.74, 6) is -0.293. The van der Waals surface area contributed by atoms with Gasteiger partial charge in [0, 0.05) is 0 Å².